The number of hydrogen-bond acceptors (Lipinski definition) is 3. The molecule has 0 aliphatic heterocycles. The lowest BCUT2D eigenvalue weighted by Crippen LogP contribution is -2.01. The highest BCUT2D eigenvalue weighted by Gasteiger charge is 2.04. The minimum absolute atomic E-state index is 0.144. The first kappa shape index (κ1) is 10.9. The topological polar surface area (TPSA) is 54.5 Å². The highest BCUT2D eigenvalue weighted by atomic mass is 35.5. The van der Waals surface area contributed by atoms with E-state index in [4.69, 9.17) is 28.5 Å². The summed E-state index contributed by atoms with van der Waals surface area (Å²) in [7, 11) is 0. The van der Waals surface area contributed by atoms with Crippen LogP contribution in [0, 0.1) is 11.3 Å². The van der Waals surface area contributed by atoms with Gasteiger partial charge in [0.05, 0.1) is 6.54 Å². The van der Waals surface area contributed by atoms with Gasteiger partial charge in [-0.05, 0) is 17.7 Å². The van der Waals surface area contributed by atoms with Gasteiger partial charge in [-0.3, -0.25) is 0 Å². The minimum Gasteiger partial charge on any atom is -0.247 e. The van der Waals surface area contributed by atoms with Crippen molar-refractivity contribution >= 4 is 23.2 Å². The molecule has 6 heteroatoms. The van der Waals surface area contributed by atoms with E-state index in [1.165, 1.54) is 6.33 Å². The van der Waals surface area contributed by atoms with Gasteiger partial charge in [-0.15, -0.1) is 5.10 Å². The van der Waals surface area contributed by atoms with Crippen LogP contribution in [0.25, 0.3) is 0 Å². The van der Waals surface area contributed by atoms with Gasteiger partial charge in [0.1, 0.15) is 12.4 Å². The van der Waals surface area contributed by atoms with Crippen molar-refractivity contribution in [3.8, 4) is 6.07 Å². The van der Waals surface area contributed by atoms with Crippen molar-refractivity contribution in [3.63, 3.8) is 0 Å². The van der Waals surface area contributed by atoms with Crippen LogP contribution in [0.15, 0.2) is 24.5 Å². The molecular formula is C10H6Cl2N4. The molecule has 0 N–H and O–H groups in total. The lowest BCUT2D eigenvalue weighted by atomic mass is 10.2. The average Bonchev–Trinajstić information content (AvgIpc) is 2.70. The zero-order chi connectivity index (χ0) is 11.5. The molecule has 0 aliphatic rings. The van der Waals surface area contributed by atoms with E-state index in [2.05, 4.69) is 10.1 Å². The molecule has 2 aromatic rings. The second-order valence-electron chi connectivity index (χ2n) is 3.11. The summed E-state index contributed by atoms with van der Waals surface area (Å²) in [4.78, 5) is 3.80. The Balaban J connectivity index is 2.24. The molecule has 0 fully saturated rings. The van der Waals surface area contributed by atoms with E-state index in [0.29, 0.717) is 16.6 Å². The van der Waals surface area contributed by atoms with E-state index >= 15 is 0 Å². The lowest BCUT2D eigenvalue weighted by molar-refractivity contribution is 0.682. The lowest BCUT2D eigenvalue weighted by Gasteiger charge is -2.03. The normalized spacial score (nSPS) is 10.1. The van der Waals surface area contributed by atoms with Crippen molar-refractivity contribution in [3.05, 3.63) is 46.0 Å². The highest BCUT2D eigenvalue weighted by molar-refractivity contribution is 6.35. The standard InChI is InChI=1S/C10H6Cl2N4/c11-8-2-1-7(9(12)3-8)5-16-6-14-10(4-13)15-16/h1-3,6H,5H2. The fraction of sp³-hybridized carbons (Fsp3) is 0.100. The fourth-order valence-electron chi connectivity index (χ4n) is 1.25. The SMILES string of the molecule is N#Cc1ncn(Cc2ccc(Cl)cc2Cl)n1. The Morgan fingerprint density at radius 2 is 2.19 bits per heavy atom. The number of rotatable bonds is 2. The van der Waals surface area contributed by atoms with Gasteiger partial charge in [-0.1, -0.05) is 29.3 Å². The largest absolute Gasteiger partial charge is 0.252 e. The van der Waals surface area contributed by atoms with Crippen LogP contribution in [0.4, 0.5) is 0 Å². The van der Waals surface area contributed by atoms with Gasteiger partial charge in [0.25, 0.3) is 5.82 Å². The summed E-state index contributed by atoms with van der Waals surface area (Å²) in [5, 5.41) is 13.7. The van der Waals surface area contributed by atoms with Gasteiger partial charge < -0.3 is 0 Å². The molecular weight excluding hydrogens is 247 g/mol. The van der Waals surface area contributed by atoms with E-state index in [1.54, 1.807) is 16.8 Å². The summed E-state index contributed by atoms with van der Waals surface area (Å²) in [5.74, 6) is 0.144. The van der Waals surface area contributed by atoms with E-state index in [0.717, 1.165) is 5.56 Å². The molecule has 0 atom stereocenters. The molecule has 1 aromatic carbocycles. The first-order chi connectivity index (χ1) is 7.69. The molecule has 0 saturated heterocycles. The van der Waals surface area contributed by atoms with Gasteiger partial charge in [0.2, 0.25) is 0 Å². The van der Waals surface area contributed by atoms with E-state index in [1.807, 2.05) is 12.1 Å². The van der Waals surface area contributed by atoms with Gasteiger partial charge >= 0.3 is 0 Å². The van der Waals surface area contributed by atoms with Crippen molar-refractivity contribution in [1.29, 1.82) is 5.26 Å². The Morgan fingerprint density at radius 3 is 2.81 bits per heavy atom. The Bertz CT molecular complexity index is 556. The number of nitriles is 1. The number of halogens is 2. The van der Waals surface area contributed by atoms with Crippen molar-refractivity contribution < 1.29 is 0 Å². The Morgan fingerprint density at radius 1 is 1.38 bits per heavy atom. The first-order valence-electron chi connectivity index (χ1n) is 4.42. The van der Waals surface area contributed by atoms with Gasteiger partial charge in [0.15, 0.2) is 0 Å². The van der Waals surface area contributed by atoms with Crippen molar-refractivity contribution in [2.45, 2.75) is 6.54 Å². The molecule has 0 saturated carbocycles. The predicted octanol–water partition coefficient (Wildman–Crippen LogP) is 2.50. The zero-order valence-electron chi connectivity index (χ0n) is 8.06. The molecule has 80 valence electrons. The summed E-state index contributed by atoms with van der Waals surface area (Å²) < 4.78 is 1.55. The summed E-state index contributed by atoms with van der Waals surface area (Å²) in [6, 6.07) is 7.10. The molecule has 1 aromatic heterocycles. The molecule has 0 aliphatic carbocycles. The molecule has 0 amide bonds. The number of hydrogen-bond donors (Lipinski definition) is 0. The average molecular weight is 253 g/mol. The zero-order valence-corrected chi connectivity index (χ0v) is 9.57. The molecule has 0 radical (unpaired) electrons. The van der Waals surface area contributed by atoms with Crippen molar-refractivity contribution in [1.82, 2.24) is 14.8 Å². The van der Waals surface area contributed by atoms with Gasteiger partial charge in [-0.25, -0.2) is 9.67 Å². The third-order valence-corrected chi connectivity index (χ3v) is 2.57. The number of aromatic nitrogens is 3. The summed E-state index contributed by atoms with van der Waals surface area (Å²) in [5.41, 5.74) is 0.875. The van der Waals surface area contributed by atoms with Crippen molar-refractivity contribution in [2.24, 2.45) is 0 Å². The summed E-state index contributed by atoms with van der Waals surface area (Å²) in [6.45, 7) is 0.463. The van der Waals surface area contributed by atoms with Crippen LogP contribution in [-0.4, -0.2) is 14.8 Å². The van der Waals surface area contributed by atoms with E-state index in [9.17, 15) is 0 Å². The Hall–Kier alpha value is -1.57. The second-order valence-corrected chi connectivity index (χ2v) is 3.96. The number of benzene rings is 1. The van der Waals surface area contributed by atoms with Crippen LogP contribution in [-0.2, 0) is 6.54 Å². The van der Waals surface area contributed by atoms with Gasteiger partial charge in [-0.2, -0.15) is 5.26 Å². The van der Waals surface area contributed by atoms with E-state index < -0.39 is 0 Å². The molecule has 16 heavy (non-hydrogen) atoms. The van der Waals surface area contributed by atoms with Crippen LogP contribution in [0.3, 0.4) is 0 Å². The highest BCUT2D eigenvalue weighted by Crippen LogP contribution is 2.21. The van der Waals surface area contributed by atoms with E-state index in [-0.39, 0.29) is 5.82 Å². The second kappa shape index (κ2) is 4.52. The van der Waals surface area contributed by atoms with Crippen LogP contribution in [0.5, 0.6) is 0 Å². The summed E-state index contributed by atoms with van der Waals surface area (Å²) in [6.07, 6.45) is 1.49. The van der Waals surface area contributed by atoms with Crippen LogP contribution in [0.1, 0.15) is 11.4 Å². The maximum atomic E-state index is 8.58. The molecule has 2 rings (SSSR count). The quantitative estimate of drug-likeness (QED) is 0.826. The maximum absolute atomic E-state index is 8.58. The van der Waals surface area contributed by atoms with Gasteiger partial charge in [0, 0.05) is 10.0 Å². The predicted molar refractivity (Wildman–Crippen MR) is 60.3 cm³/mol. The molecule has 0 spiro atoms. The third kappa shape index (κ3) is 2.32. The monoisotopic (exact) mass is 252 g/mol. The Labute approximate surface area is 102 Å². The third-order valence-electron chi connectivity index (χ3n) is 1.98. The minimum atomic E-state index is 0.144. The first-order valence-corrected chi connectivity index (χ1v) is 5.18. The van der Waals surface area contributed by atoms with Crippen molar-refractivity contribution in [2.75, 3.05) is 0 Å². The van der Waals surface area contributed by atoms with Crippen LogP contribution in [0.2, 0.25) is 10.0 Å². The molecule has 0 bridgehead atoms. The molecule has 0 unspecified atom stereocenters. The van der Waals surface area contributed by atoms with Crippen LogP contribution < -0.4 is 0 Å². The molecule has 1 heterocycles. The molecule has 4 nitrogen and oxygen atoms in total. The Kier molecular flexibility index (Phi) is 3.09. The van der Waals surface area contributed by atoms with Crippen LogP contribution >= 0.6 is 23.2 Å². The maximum Gasteiger partial charge on any atom is 0.252 e. The smallest absolute Gasteiger partial charge is 0.247 e. The summed E-state index contributed by atoms with van der Waals surface area (Å²) >= 11 is 11.8. The number of nitrogens with zero attached hydrogens (tertiary/aromatic N) is 4. The fourth-order valence-corrected chi connectivity index (χ4v) is 1.71.